The molecular weight excluding hydrogens is 220 g/mol. The number of nitrogens with two attached hydrogens (primary N) is 1. The van der Waals surface area contributed by atoms with Crippen LogP contribution in [0.25, 0.3) is 0 Å². The van der Waals surface area contributed by atoms with Crippen molar-refractivity contribution in [1.29, 1.82) is 0 Å². The van der Waals surface area contributed by atoms with Crippen LogP contribution in [0.5, 0.6) is 0 Å². The summed E-state index contributed by atoms with van der Waals surface area (Å²) in [6.07, 6.45) is 0.731. The average Bonchev–Trinajstić information content (AvgIpc) is 2.59. The van der Waals surface area contributed by atoms with Gasteiger partial charge in [-0.2, -0.15) is 0 Å². The van der Waals surface area contributed by atoms with E-state index in [1.807, 2.05) is 12.3 Å². The van der Waals surface area contributed by atoms with Crippen molar-refractivity contribution in [3.63, 3.8) is 0 Å². The lowest BCUT2D eigenvalue weighted by atomic mass is 10.0. The van der Waals surface area contributed by atoms with Gasteiger partial charge in [0.1, 0.15) is 0 Å². The second-order valence-electron chi connectivity index (χ2n) is 4.48. The van der Waals surface area contributed by atoms with Crippen LogP contribution in [-0.2, 0) is 11.3 Å². The lowest BCUT2D eigenvalue weighted by Gasteiger charge is -2.13. The van der Waals surface area contributed by atoms with Crippen molar-refractivity contribution in [1.82, 2.24) is 5.32 Å². The summed E-state index contributed by atoms with van der Waals surface area (Å²) in [5.41, 5.74) is 7.01. The molecule has 4 heteroatoms. The maximum Gasteiger partial charge on any atom is 0.237 e. The summed E-state index contributed by atoms with van der Waals surface area (Å²) in [6.45, 7) is 6.77. The molecule has 0 saturated heterocycles. The molecule has 1 rings (SSSR count). The molecule has 1 unspecified atom stereocenters. The molecule has 0 aliphatic carbocycles. The van der Waals surface area contributed by atoms with E-state index in [2.05, 4.69) is 25.2 Å². The molecule has 3 N–H and O–H groups in total. The summed E-state index contributed by atoms with van der Waals surface area (Å²) in [4.78, 5) is 12.9. The van der Waals surface area contributed by atoms with E-state index in [4.69, 9.17) is 5.73 Å². The monoisotopic (exact) mass is 240 g/mol. The molecule has 0 spiro atoms. The van der Waals surface area contributed by atoms with Gasteiger partial charge in [0.25, 0.3) is 0 Å². The van der Waals surface area contributed by atoms with Crippen molar-refractivity contribution in [3.8, 4) is 0 Å². The topological polar surface area (TPSA) is 55.1 Å². The second-order valence-corrected chi connectivity index (χ2v) is 5.48. The fourth-order valence-corrected chi connectivity index (χ4v) is 2.34. The van der Waals surface area contributed by atoms with Gasteiger partial charge < -0.3 is 11.1 Å². The van der Waals surface area contributed by atoms with Crippen LogP contribution in [0.4, 0.5) is 0 Å². The summed E-state index contributed by atoms with van der Waals surface area (Å²) in [7, 11) is 0. The fourth-order valence-electron chi connectivity index (χ4n) is 1.50. The van der Waals surface area contributed by atoms with Gasteiger partial charge in [0, 0.05) is 4.88 Å². The van der Waals surface area contributed by atoms with Gasteiger partial charge in [-0.3, -0.25) is 4.79 Å². The quantitative estimate of drug-likeness (QED) is 0.827. The number of thiophene rings is 1. The van der Waals surface area contributed by atoms with E-state index in [1.165, 1.54) is 10.4 Å². The smallest absolute Gasteiger partial charge is 0.237 e. The van der Waals surface area contributed by atoms with Crippen molar-refractivity contribution in [2.24, 2.45) is 11.7 Å². The van der Waals surface area contributed by atoms with E-state index in [-0.39, 0.29) is 11.9 Å². The highest BCUT2D eigenvalue weighted by Gasteiger charge is 2.14. The van der Waals surface area contributed by atoms with E-state index in [0.29, 0.717) is 12.5 Å². The molecule has 0 fully saturated rings. The Hall–Kier alpha value is -0.870. The Morgan fingerprint density at radius 2 is 2.25 bits per heavy atom. The molecule has 3 nitrogen and oxygen atoms in total. The first-order valence-electron chi connectivity index (χ1n) is 5.57. The molecule has 0 aromatic carbocycles. The van der Waals surface area contributed by atoms with Crippen molar-refractivity contribution < 1.29 is 4.79 Å². The number of amides is 1. The van der Waals surface area contributed by atoms with Crippen LogP contribution < -0.4 is 11.1 Å². The molecule has 16 heavy (non-hydrogen) atoms. The zero-order valence-corrected chi connectivity index (χ0v) is 10.9. The first-order chi connectivity index (χ1) is 7.50. The Kier molecular flexibility index (Phi) is 4.96. The highest BCUT2D eigenvalue weighted by molar-refractivity contribution is 7.10. The molecular formula is C12H20N2OS. The molecule has 1 atom stereocenters. The van der Waals surface area contributed by atoms with E-state index < -0.39 is 0 Å². The van der Waals surface area contributed by atoms with Crippen LogP contribution in [0.2, 0.25) is 0 Å². The van der Waals surface area contributed by atoms with Gasteiger partial charge in [-0.1, -0.05) is 13.8 Å². The van der Waals surface area contributed by atoms with E-state index in [1.54, 1.807) is 11.3 Å². The minimum absolute atomic E-state index is 0.0542. The van der Waals surface area contributed by atoms with E-state index in [0.717, 1.165) is 6.42 Å². The van der Waals surface area contributed by atoms with Crippen LogP contribution in [0, 0.1) is 12.8 Å². The van der Waals surface area contributed by atoms with Crippen LogP contribution in [0.15, 0.2) is 11.4 Å². The molecule has 0 aliphatic heterocycles. The lowest BCUT2D eigenvalue weighted by Crippen LogP contribution is -2.40. The van der Waals surface area contributed by atoms with Crippen LogP contribution >= 0.6 is 11.3 Å². The van der Waals surface area contributed by atoms with Crippen LogP contribution in [-0.4, -0.2) is 11.9 Å². The molecule has 90 valence electrons. The standard InChI is InChI=1S/C12H20N2OS/c1-8(2)6-10(13)12(15)14-7-11-9(3)4-5-16-11/h4-5,8,10H,6-7,13H2,1-3H3,(H,14,15). The third kappa shape index (κ3) is 3.94. The predicted molar refractivity (Wildman–Crippen MR) is 68.3 cm³/mol. The number of aryl methyl sites for hydroxylation is 1. The summed E-state index contributed by atoms with van der Waals surface area (Å²) in [5.74, 6) is 0.394. The highest BCUT2D eigenvalue weighted by Crippen LogP contribution is 2.14. The number of carbonyl (C=O) groups excluding carboxylic acids is 1. The van der Waals surface area contributed by atoms with Gasteiger partial charge >= 0.3 is 0 Å². The molecule has 0 bridgehead atoms. The van der Waals surface area contributed by atoms with E-state index in [9.17, 15) is 4.79 Å². The van der Waals surface area contributed by atoms with Crippen molar-refractivity contribution in [2.45, 2.75) is 39.8 Å². The minimum atomic E-state index is -0.389. The van der Waals surface area contributed by atoms with Crippen molar-refractivity contribution >= 4 is 17.2 Å². The average molecular weight is 240 g/mol. The SMILES string of the molecule is Cc1ccsc1CNC(=O)C(N)CC(C)C. The molecule has 1 heterocycles. The third-order valence-electron chi connectivity index (χ3n) is 2.45. The normalized spacial score (nSPS) is 12.8. The number of hydrogen-bond donors (Lipinski definition) is 2. The minimum Gasteiger partial charge on any atom is -0.350 e. The Morgan fingerprint density at radius 3 is 2.75 bits per heavy atom. The zero-order chi connectivity index (χ0) is 12.1. The summed E-state index contributed by atoms with van der Waals surface area (Å²) < 4.78 is 0. The third-order valence-corrected chi connectivity index (χ3v) is 3.48. The van der Waals surface area contributed by atoms with Gasteiger partial charge in [0.05, 0.1) is 12.6 Å². The summed E-state index contributed by atoms with van der Waals surface area (Å²) in [6, 6.07) is 1.67. The van der Waals surface area contributed by atoms with Crippen molar-refractivity contribution in [3.05, 3.63) is 21.9 Å². The van der Waals surface area contributed by atoms with Gasteiger partial charge in [-0.15, -0.1) is 11.3 Å². The Balaban J connectivity index is 2.38. The maximum atomic E-state index is 11.7. The van der Waals surface area contributed by atoms with Crippen molar-refractivity contribution in [2.75, 3.05) is 0 Å². The Labute approximate surface area is 101 Å². The molecule has 0 radical (unpaired) electrons. The number of rotatable bonds is 5. The van der Waals surface area contributed by atoms with Gasteiger partial charge in [-0.25, -0.2) is 0 Å². The van der Waals surface area contributed by atoms with Gasteiger partial charge in [-0.05, 0) is 36.3 Å². The first-order valence-corrected chi connectivity index (χ1v) is 6.45. The maximum absolute atomic E-state index is 11.7. The zero-order valence-electron chi connectivity index (χ0n) is 10.1. The number of carbonyl (C=O) groups is 1. The largest absolute Gasteiger partial charge is 0.350 e. The van der Waals surface area contributed by atoms with E-state index >= 15 is 0 Å². The summed E-state index contributed by atoms with van der Waals surface area (Å²) in [5, 5.41) is 4.91. The molecule has 0 saturated carbocycles. The molecule has 1 amide bonds. The predicted octanol–water partition coefficient (Wildman–Crippen LogP) is 2.05. The Morgan fingerprint density at radius 1 is 1.56 bits per heavy atom. The molecule has 1 aromatic rings. The molecule has 1 aromatic heterocycles. The molecule has 0 aliphatic rings. The fraction of sp³-hybridized carbons (Fsp3) is 0.583. The van der Waals surface area contributed by atoms with Crippen LogP contribution in [0.1, 0.15) is 30.7 Å². The van der Waals surface area contributed by atoms with Gasteiger partial charge in [0.2, 0.25) is 5.91 Å². The number of hydrogen-bond acceptors (Lipinski definition) is 3. The first kappa shape index (κ1) is 13.2. The van der Waals surface area contributed by atoms with Crippen LogP contribution in [0.3, 0.4) is 0 Å². The lowest BCUT2D eigenvalue weighted by molar-refractivity contribution is -0.122. The highest BCUT2D eigenvalue weighted by atomic mass is 32.1. The van der Waals surface area contributed by atoms with Gasteiger partial charge in [0.15, 0.2) is 0 Å². The summed E-state index contributed by atoms with van der Waals surface area (Å²) >= 11 is 1.66. The Bertz CT molecular complexity index is 347. The second kappa shape index (κ2) is 6.01. The number of nitrogens with one attached hydrogen (secondary N) is 1.